The van der Waals surface area contributed by atoms with E-state index in [-0.39, 0.29) is 32.2 Å². The molecule has 26 N–H and O–H groups in total. The van der Waals surface area contributed by atoms with Gasteiger partial charge in [-0.05, 0) is 211 Å². The van der Waals surface area contributed by atoms with Crippen molar-refractivity contribution in [2.45, 2.75) is 293 Å². The molecule has 105 heavy (non-hydrogen) atoms. The van der Waals surface area contributed by atoms with E-state index in [1.165, 1.54) is 14.2 Å². The lowest BCUT2D eigenvalue weighted by molar-refractivity contribution is -0.194. The third-order valence-electron chi connectivity index (χ3n) is 14.7. The average molecular weight is 1520 g/mol. The first-order valence-corrected chi connectivity index (χ1v) is 35.2. The Hall–Kier alpha value is -7.28. The molecule has 0 aliphatic carbocycles. The molecule has 0 saturated carbocycles. The van der Waals surface area contributed by atoms with E-state index < -0.39 is 180 Å². The standard InChI is InChI=1S/C29H56N6O8.C25H48N6O11.C12H22O8/c1-28(2,3)42-26(39)32-19-13-10-15-20(23(36)34-22(25(38)41-7)16-9-12-18-31)33-24(37)21(14-8-11-17-30)35-27(40)43-29(4,5)6;1-42-25(41)16(10-3-6-12-27)31-22(37)15(9-2-5-11-26)30-21(36)14(28)8-4-7-13-29-23(38)19(34)17(32)18(33)20(35)24(39)40;1-5(2)19-9(8(14)11(15)16)7(13)10(12(17)18)20-6(3)4/h20-22H,8-19,30-31H2,1-7H3,(H,32,39)(H,33,37)(H,34,36)(H,35,40);14-20,32-35H,2-13,26-28H2,1H3,(H,29,38)(H,30,36)(H,31,37)(H,39,40);5-10,13-14H,1-4H3,(H,15,16)(H,17,18)/t20-,21+,22?;14-,15-,16?,17-,18+,19+,20-;7?,8-,9+,10?/m000/s1. The molecule has 0 aromatic heterocycles. The van der Waals surface area contributed by atoms with Crippen molar-refractivity contribution in [3.05, 3.63) is 0 Å². The summed E-state index contributed by atoms with van der Waals surface area (Å²) in [5, 5.41) is 103. The molecule has 0 aromatic rings. The molecule has 0 fully saturated rings. The van der Waals surface area contributed by atoms with Crippen LogP contribution in [0.3, 0.4) is 0 Å². The zero-order valence-corrected chi connectivity index (χ0v) is 63.0. The number of carbonyl (C=O) groups excluding carboxylic acids is 9. The summed E-state index contributed by atoms with van der Waals surface area (Å²) in [5.74, 6) is -9.60. The minimum absolute atomic E-state index is 0.0161. The van der Waals surface area contributed by atoms with Crippen LogP contribution in [0, 0.1) is 0 Å². The summed E-state index contributed by atoms with van der Waals surface area (Å²) in [4.78, 5) is 146. The monoisotopic (exact) mass is 1520 g/mol. The average Bonchev–Trinajstić information content (AvgIpc) is 0.841. The summed E-state index contributed by atoms with van der Waals surface area (Å²) in [5.41, 5.74) is 26.8. The second-order valence-electron chi connectivity index (χ2n) is 27.0. The number of aliphatic hydroxyl groups excluding tert-OH is 6. The molecule has 612 valence electrons. The van der Waals surface area contributed by atoms with E-state index in [4.69, 9.17) is 72.4 Å². The number of hydrogen-bond donors (Lipinski definition) is 21. The molecule has 0 bridgehead atoms. The van der Waals surface area contributed by atoms with E-state index in [9.17, 15) is 88.2 Å². The summed E-state index contributed by atoms with van der Waals surface area (Å²) >= 11 is 0. The van der Waals surface area contributed by atoms with Gasteiger partial charge in [-0.25, -0.2) is 33.6 Å². The lowest BCUT2D eigenvalue weighted by Gasteiger charge is -2.31. The zero-order valence-electron chi connectivity index (χ0n) is 63.0. The molecule has 4 unspecified atom stereocenters. The van der Waals surface area contributed by atoms with E-state index in [2.05, 4.69) is 37.2 Å². The number of rotatable bonds is 51. The Balaban J connectivity index is -0.00000158. The third kappa shape index (κ3) is 47.8. The van der Waals surface area contributed by atoms with Gasteiger partial charge in [0.25, 0.3) is 5.91 Å². The first-order chi connectivity index (χ1) is 48.9. The number of unbranched alkanes of at least 4 members (excludes halogenated alkanes) is 6. The number of methoxy groups -OCH3 is 2. The van der Waals surface area contributed by atoms with Crippen molar-refractivity contribution in [3.63, 3.8) is 0 Å². The fourth-order valence-electron chi connectivity index (χ4n) is 9.24. The van der Waals surface area contributed by atoms with Crippen molar-refractivity contribution < 1.29 is 132 Å². The number of carboxylic acid groups (broad SMARTS) is 3. The number of aliphatic carboxylic acids is 3. The summed E-state index contributed by atoms with van der Waals surface area (Å²) in [6.45, 7) is 18.6. The highest BCUT2D eigenvalue weighted by Gasteiger charge is 2.43. The van der Waals surface area contributed by atoms with Crippen LogP contribution in [-0.4, -0.2) is 280 Å². The van der Waals surface area contributed by atoms with Gasteiger partial charge >= 0.3 is 42.0 Å². The number of ether oxygens (including phenoxy) is 6. The van der Waals surface area contributed by atoms with Gasteiger partial charge in [-0.1, -0.05) is 0 Å². The maximum absolute atomic E-state index is 13.4. The summed E-state index contributed by atoms with van der Waals surface area (Å²) < 4.78 is 30.3. The van der Waals surface area contributed by atoms with Crippen LogP contribution in [0.15, 0.2) is 0 Å². The normalized spacial score (nSPS) is 15.4. The van der Waals surface area contributed by atoms with Crippen molar-refractivity contribution in [2.75, 3.05) is 53.5 Å². The van der Waals surface area contributed by atoms with Crippen LogP contribution in [-0.2, 0) is 76.4 Å². The molecule has 0 rings (SSSR count). The minimum atomic E-state index is -2.41. The van der Waals surface area contributed by atoms with Crippen LogP contribution in [0.25, 0.3) is 0 Å². The quantitative estimate of drug-likeness (QED) is 0.0164. The molecule has 0 aromatic carbocycles. The first kappa shape index (κ1) is 102. The van der Waals surface area contributed by atoms with Crippen molar-refractivity contribution in [3.8, 4) is 0 Å². The van der Waals surface area contributed by atoms with Gasteiger partial charge in [-0.3, -0.25) is 24.0 Å². The van der Waals surface area contributed by atoms with Crippen LogP contribution in [0.5, 0.6) is 0 Å². The predicted octanol–water partition coefficient (Wildman–Crippen LogP) is -3.03. The number of nitrogens with two attached hydrogens (primary N) is 5. The minimum Gasteiger partial charge on any atom is -0.479 e. The van der Waals surface area contributed by atoms with Gasteiger partial charge in [-0.2, -0.15) is 0 Å². The Morgan fingerprint density at radius 2 is 0.705 bits per heavy atom. The Bertz CT molecular complexity index is 2570. The van der Waals surface area contributed by atoms with Crippen LogP contribution in [0.2, 0.25) is 0 Å². The largest absolute Gasteiger partial charge is 0.479 e. The fourth-order valence-corrected chi connectivity index (χ4v) is 9.24. The smallest absolute Gasteiger partial charge is 0.408 e. The molecule has 0 radical (unpaired) electrons. The topological polar surface area (TPSA) is 657 Å². The molecule has 39 heteroatoms. The van der Waals surface area contributed by atoms with E-state index in [1.807, 2.05) is 0 Å². The van der Waals surface area contributed by atoms with Gasteiger partial charge in [0, 0.05) is 13.1 Å². The Morgan fingerprint density at radius 1 is 0.371 bits per heavy atom. The zero-order chi connectivity index (χ0) is 81.3. The van der Waals surface area contributed by atoms with E-state index in [0.29, 0.717) is 123 Å². The van der Waals surface area contributed by atoms with Gasteiger partial charge < -0.3 is 140 Å². The molecule has 0 aliphatic rings. The fraction of sp³-hybridized carbons (Fsp3) is 0.818. The van der Waals surface area contributed by atoms with Crippen LogP contribution >= 0.6 is 0 Å². The maximum atomic E-state index is 13.4. The molecule has 7 amide bonds. The Morgan fingerprint density at radius 3 is 1.07 bits per heavy atom. The number of nitrogens with one attached hydrogen (secondary N) is 7. The number of carbonyl (C=O) groups is 12. The van der Waals surface area contributed by atoms with Crippen molar-refractivity contribution >= 4 is 71.6 Å². The molecule has 0 heterocycles. The molecular weight excluding hydrogens is 1390 g/mol. The Kier molecular flexibility index (Phi) is 54.4. The highest BCUT2D eigenvalue weighted by Crippen LogP contribution is 2.18. The summed E-state index contributed by atoms with van der Waals surface area (Å²) in [7, 11) is 2.44. The summed E-state index contributed by atoms with van der Waals surface area (Å²) in [6.07, 6.45) is -10.8. The lowest BCUT2D eigenvalue weighted by atomic mass is 10.0. The molecule has 0 aliphatic heterocycles. The maximum Gasteiger partial charge on any atom is 0.408 e. The molecular formula is C66H126N12O27. The first-order valence-electron chi connectivity index (χ1n) is 35.2. The van der Waals surface area contributed by atoms with Crippen LogP contribution < -0.4 is 65.9 Å². The molecule has 0 spiro atoms. The molecule has 14 atom stereocenters. The van der Waals surface area contributed by atoms with Gasteiger partial charge in [0.2, 0.25) is 23.6 Å². The van der Waals surface area contributed by atoms with Gasteiger partial charge in [0.1, 0.15) is 65.8 Å². The Labute approximate surface area is 614 Å². The van der Waals surface area contributed by atoms with E-state index in [1.54, 1.807) is 69.2 Å². The number of hydrogen-bond acceptors (Lipinski definition) is 29. The molecule has 0 saturated heterocycles. The number of alkyl carbamates (subject to hydrolysis) is 2. The van der Waals surface area contributed by atoms with Crippen molar-refractivity contribution in [1.29, 1.82) is 0 Å². The van der Waals surface area contributed by atoms with Gasteiger partial charge in [0.05, 0.1) is 32.5 Å². The SMILES string of the molecule is CC(C)OC(C(=O)O)C(O)[C@@H](OC(C)C)[C@H](O)C(=O)O.COC(=O)C(CCCCN)NC(=O)[C@H](CCCCN)NC(=O)[C@@H](N)CCCCNC(=O)[C@H](O)[C@@H](O)[C@@H](O)[C@H](O)C(=O)O.COC(=O)C(CCCCN)NC(=O)[C@H](CCCCNC(=O)OC(C)(C)C)NC(=O)[C@@H](CCCCN)NC(=O)OC(C)(C)C. The highest BCUT2D eigenvalue weighted by molar-refractivity contribution is 5.94. The highest BCUT2D eigenvalue weighted by atomic mass is 16.6. The summed E-state index contributed by atoms with van der Waals surface area (Å²) in [6, 6.07) is -5.82. The van der Waals surface area contributed by atoms with Crippen LogP contribution in [0.1, 0.15) is 185 Å². The van der Waals surface area contributed by atoms with Gasteiger partial charge in [0.15, 0.2) is 24.4 Å². The van der Waals surface area contributed by atoms with E-state index >= 15 is 0 Å². The number of esters is 2. The number of amides is 7. The van der Waals surface area contributed by atoms with E-state index in [0.717, 1.165) is 0 Å². The van der Waals surface area contributed by atoms with Crippen LogP contribution in [0.4, 0.5) is 9.59 Å². The third-order valence-corrected chi connectivity index (χ3v) is 14.7. The van der Waals surface area contributed by atoms with Crippen molar-refractivity contribution in [1.82, 2.24) is 37.2 Å². The van der Waals surface area contributed by atoms with Crippen molar-refractivity contribution in [2.24, 2.45) is 28.7 Å². The number of aliphatic hydroxyl groups is 6. The molecule has 39 nitrogen and oxygen atoms in total. The van der Waals surface area contributed by atoms with Gasteiger partial charge in [-0.15, -0.1) is 0 Å². The number of carboxylic acids is 3. The second-order valence-corrected chi connectivity index (χ2v) is 27.0. The lowest BCUT2D eigenvalue weighted by Crippen LogP contribution is -2.56. The second kappa shape index (κ2) is 56.1. The predicted molar refractivity (Wildman–Crippen MR) is 378 cm³/mol.